The zero-order chi connectivity index (χ0) is 18.9. The number of rotatable bonds is 7. The molecule has 146 valence electrons. The Bertz CT molecular complexity index is 599. The number of hydrogen-bond acceptors (Lipinski definition) is 6. The molecule has 0 amide bonds. The van der Waals surface area contributed by atoms with Gasteiger partial charge in [0, 0.05) is 39.0 Å². The van der Waals surface area contributed by atoms with E-state index in [9.17, 15) is 4.79 Å². The monoisotopic (exact) mass is 365 g/mol. The third kappa shape index (κ3) is 5.71. The highest BCUT2D eigenvalue weighted by molar-refractivity contribution is 5.81. The molecular formula is C18H31N5O3. The Balaban J connectivity index is 1.77. The molecule has 1 atom stereocenters. The Morgan fingerprint density at radius 2 is 2.31 bits per heavy atom. The molecule has 1 aromatic rings. The fourth-order valence-electron chi connectivity index (χ4n) is 3.00. The van der Waals surface area contributed by atoms with Gasteiger partial charge >= 0.3 is 5.97 Å². The van der Waals surface area contributed by atoms with Gasteiger partial charge in [-0.15, -0.1) is 0 Å². The average molecular weight is 365 g/mol. The number of likely N-dealkylation sites (tertiary alicyclic amines) is 1. The van der Waals surface area contributed by atoms with E-state index < -0.39 is 0 Å². The van der Waals surface area contributed by atoms with Gasteiger partial charge in [-0.1, -0.05) is 19.0 Å². The second kappa shape index (κ2) is 10.1. The van der Waals surface area contributed by atoms with Crippen molar-refractivity contribution < 1.29 is 14.1 Å². The summed E-state index contributed by atoms with van der Waals surface area (Å²) in [6, 6.07) is 0. The van der Waals surface area contributed by atoms with Crippen LogP contribution < -0.4 is 5.32 Å². The maximum absolute atomic E-state index is 12.0. The highest BCUT2D eigenvalue weighted by Crippen LogP contribution is 2.18. The highest BCUT2D eigenvalue weighted by atomic mass is 16.5. The summed E-state index contributed by atoms with van der Waals surface area (Å²) in [5.41, 5.74) is 0. The first kappa shape index (κ1) is 20.2. The summed E-state index contributed by atoms with van der Waals surface area (Å²) >= 11 is 0. The zero-order valence-corrected chi connectivity index (χ0v) is 16.3. The summed E-state index contributed by atoms with van der Waals surface area (Å²) in [6.45, 7) is 8.66. The maximum Gasteiger partial charge on any atom is 0.310 e. The molecule has 1 aliphatic rings. The van der Waals surface area contributed by atoms with Crippen LogP contribution >= 0.6 is 0 Å². The van der Waals surface area contributed by atoms with Crippen LogP contribution in [0.2, 0.25) is 0 Å². The van der Waals surface area contributed by atoms with E-state index in [0.29, 0.717) is 19.0 Å². The van der Waals surface area contributed by atoms with Gasteiger partial charge in [0.25, 0.3) is 0 Å². The SMILES string of the molecule is CCOC(=O)C1CCCN(C(=NC)NCCCc2nc(C(C)C)no2)C1. The summed E-state index contributed by atoms with van der Waals surface area (Å²) in [4.78, 5) is 22.9. The van der Waals surface area contributed by atoms with E-state index >= 15 is 0 Å². The smallest absolute Gasteiger partial charge is 0.310 e. The fraction of sp³-hybridized carbons (Fsp3) is 0.778. The molecule has 2 heterocycles. The summed E-state index contributed by atoms with van der Waals surface area (Å²) in [6.07, 6.45) is 3.44. The number of piperidine rings is 1. The minimum Gasteiger partial charge on any atom is -0.466 e. The van der Waals surface area contributed by atoms with E-state index in [4.69, 9.17) is 9.26 Å². The van der Waals surface area contributed by atoms with Crippen LogP contribution in [-0.4, -0.2) is 60.3 Å². The average Bonchev–Trinajstić information content (AvgIpc) is 3.11. The van der Waals surface area contributed by atoms with Gasteiger partial charge in [0.15, 0.2) is 11.8 Å². The molecule has 1 N–H and O–H groups in total. The lowest BCUT2D eigenvalue weighted by molar-refractivity contribution is -0.149. The van der Waals surface area contributed by atoms with Crippen molar-refractivity contribution in [3.05, 3.63) is 11.7 Å². The number of guanidine groups is 1. The standard InChI is InChI=1S/C18H31N5O3/c1-5-25-17(24)14-8-7-11-23(12-14)18(19-4)20-10-6-9-15-21-16(13(2)3)22-26-15/h13-14H,5-12H2,1-4H3,(H,19,20). The molecule has 26 heavy (non-hydrogen) atoms. The Morgan fingerprint density at radius 1 is 1.50 bits per heavy atom. The van der Waals surface area contributed by atoms with Crippen LogP contribution in [0.1, 0.15) is 57.7 Å². The molecule has 8 heteroatoms. The Kier molecular flexibility index (Phi) is 7.87. The van der Waals surface area contributed by atoms with Crippen molar-refractivity contribution in [2.75, 3.05) is 33.3 Å². The summed E-state index contributed by atoms with van der Waals surface area (Å²) in [5.74, 6) is 2.34. The van der Waals surface area contributed by atoms with Crippen molar-refractivity contribution in [1.29, 1.82) is 0 Å². The molecule has 2 rings (SSSR count). The van der Waals surface area contributed by atoms with Gasteiger partial charge in [-0.3, -0.25) is 9.79 Å². The van der Waals surface area contributed by atoms with Gasteiger partial charge in [0.1, 0.15) is 0 Å². The number of esters is 1. The first-order valence-corrected chi connectivity index (χ1v) is 9.49. The number of ether oxygens (including phenoxy) is 1. The summed E-state index contributed by atoms with van der Waals surface area (Å²) in [7, 11) is 1.77. The van der Waals surface area contributed by atoms with Crippen molar-refractivity contribution in [1.82, 2.24) is 20.4 Å². The molecule has 0 aromatic carbocycles. The number of nitrogens with one attached hydrogen (secondary N) is 1. The zero-order valence-electron chi connectivity index (χ0n) is 16.3. The van der Waals surface area contributed by atoms with Crippen LogP contribution in [-0.2, 0) is 16.0 Å². The predicted octanol–water partition coefficient (Wildman–Crippen LogP) is 1.98. The van der Waals surface area contributed by atoms with Gasteiger partial charge in [0.05, 0.1) is 12.5 Å². The second-order valence-corrected chi connectivity index (χ2v) is 6.82. The van der Waals surface area contributed by atoms with Gasteiger partial charge in [-0.25, -0.2) is 0 Å². The van der Waals surface area contributed by atoms with E-state index in [1.54, 1.807) is 7.05 Å². The number of aliphatic imine (C=N–C) groups is 1. The first-order valence-electron chi connectivity index (χ1n) is 9.49. The topological polar surface area (TPSA) is 92.8 Å². The first-order chi connectivity index (χ1) is 12.5. The molecule has 1 aromatic heterocycles. The van der Waals surface area contributed by atoms with Crippen LogP contribution in [0.4, 0.5) is 0 Å². The molecule has 1 unspecified atom stereocenters. The van der Waals surface area contributed by atoms with Gasteiger partial charge in [0.2, 0.25) is 5.89 Å². The van der Waals surface area contributed by atoms with Crippen LogP contribution in [0.15, 0.2) is 9.52 Å². The van der Waals surface area contributed by atoms with E-state index in [-0.39, 0.29) is 17.8 Å². The third-order valence-corrected chi connectivity index (χ3v) is 4.40. The van der Waals surface area contributed by atoms with E-state index in [2.05, 4.69) is 25.3 Å². The van der Waals surface area contributed by atoms with E-state index in [1.165, 1.54) is 0 Å². The number of carbonyl (C=O) groups is 1. The quantitative estimate of drug-likeness (QED) is 0.342. The van der Waals surface area contributed by atoms with Gasteiger partial charge < -0.3 is 19.5 Å². The molecular weight excluding hydrogens is 334 g/mol. The van der Waals surface area contributed by atoms with Gasteiger partial charge in [-0.05, 0) is 26.2 Å². The molecule has 0 saturated carbocycles. The maximum atomic E-state index is 12.0. The molecule has 1 fully saturated rings. The molecule has 0 radical (unpaired) electrons. The Labute approximate surface area is 155 Å². The number of hydrogen-bond donors (Lipinski definition) is 1. The van der Waals surface area contributed by atoms with E-state index in [1.807, 2.05) is 20.8 Å². The number of aryl methyl sites for hydroxylation is 1. The van der Waals surface area contributed by atoms with Crippen molar-refractivity contribution in [3.8, 4) is 0 Å². The molecule has 0 bridgehead atoms. The minimum atomic E-state index is -0.106. The highest BCUT2D eigenvalue weighted by Gasteiger charge is 2.28. The number of carbonyl (C=O) groups excluding carboxylic acids is 1. The van der Waals surface area contributed by atoms with Gasteiger partial charge in [-0.2, -0.15) is 4.98 Å². The van der Waals surface area contributed by atoms with Crippen LogP contribution in [0.25, 0.3) is 0 Å². The van der Waals surface area contributed by atoms with Crippen molar-refractivity contribution >= 4 is 11.9 Å². The van der Waals surface area contributed by atoms with Crippen molar-refractivity contribution in [3.63, 3.8) is 0 Å². The molecule has 8 nitrogen and oxygen atoms in total. The molecule has 0 spiro atoms. The lowest BCUT2D eigenvalue weighted by atomic mass is 9.98. The van der Waals surface area contributed by atoms with Crippen LogP contribution in [0, 0.1) is 5.92 Å². The number of nitrogens with zero attached hydrogens (tertiary/aromatic N) is 4. The third-order valence-electron chi connectivity index (χ3n) is 4.40. The summed E-state index contributed by atoms with van der Waals surface area (Å²) in [5, 5.41) is 7.34. The molecule has 0 aliphatic carbocycles. The van der Waals surface area contributed by atoms with Crippen LogP contribution in [0.3, 0.4) is 0 Å². The minimum absolute atomic E-state index is 0.0740. The molecule has 1 aliphatic heterocycles. The largest absolute Gasteiger partial charge is 0.466 e. The fourth-order valence-corrected chi connectivity index (χ4v) is 3.00. The predicted molar refractivity (Wildman–Crippen MR) is 99.0 cm³/mol. The summed E-state index contributed by atoms with van der Waals surface area (Å²) < 4.78 is 10.4. The number of aromatic nitrogens is 2. The van der Waals surface area contributed by atoms with Crippen molar-refractivity contribution in [2.24, 2.45) is 10.9 Å². The second-order valence-electron chi connectivity index (χ2n) is 6.82. The Hall–Kier alpha value is -2.12. The van der Waals surface area contributed by atoms with Crippen LogP contribution in [0.5, 0.6) is 0 Å². The lowest BCUT2D eigenvalue weighted by Gasteiger charge is -2.33. The Morgan fingerprint density at radius 3 is 2.96 bits per heavy atom. The van der Waals surface area contributed by atoms with Crippen molar-refractivity contribution in [2.45, 2.75) is 52.4 Å². The van der Waals surface area contributed by atoms with E-state index in [0.717, 1.165) is 50.6 Å². The molecule has 1 saturated heterocycles. The lowest BCUT2D eigenvalue weighted by Crippen LogP contribution is -2.48. The normalized spacial score (nSPS) is 18.3.